The van der Waals surface area contributed by atoms with Gasteiger partial charge in [0.1, 0.15) is 12.4 Å². The zero-order valence-electron chi connectivity index (χ0n) is 12.1. The van der Waals surface area contributed by atoms with E-state index in [9.17, 15) is 9.90 Å². The Morgan fingerprint density at radius 1 is 1.52 bits per heavy atom. The molecule has 1 aliphatic rings. The molecule has 116 valence electrons. The van der Waals surface area contributed by atoms with E-state index in [0.717, 1.165) is 6.42 Å². The molecule has 1 aromatic carbocycles. The number of rotatable bonds is 4. The zero-order chi connectivity index (χ0) is 15.2. The van der Waals surface area contributed by atoms with Gasteiger partial charge < -0.3 is 20.1 Å². The van der Waals surface area contributed by atoms with Gasteiger partial charge in [0.05, 0.1) is 17.7 Å². The lowest BCUT2D eigenvalue weighted by Crippen LogP contribution is -2.50. The topological polar surface area (TPSA) is 61.8 Å². The number of hydrogen-bond acceptors (Lipinski definition) is 3. The molecule has 2 unspecified atom stereocenters. The third kappa shape index (κ3) is 4.51. The second-order valence-corrected chi connectivity index (χ2v) is 5.70. The first-order chi connectivity index (χ1) is 10.1. The minimum atomic E-state index is -0.441. The molecular weight excluding hydrogens is 292 g/mol. The number of piperidine rings is 1. The van der Waals surface area contributed by atoms with Gasteiger partial charge in [-0.25, -0.2) is 4.79 Å². The molecule has 1 fully saturated rings. The first kappa shape index (κ1) is 15.9. The van der Waals surface area contributed by atoms with Gasteiger partial charge in [-0.05, 0) is 24.5 Å². The maximum atomic E-state index is 12.0. The van der Waals surface area contributed by atoms with Gasteiger partial charge in [0, 0.05) is 13.1 Å². The van der Waals surface area contributed by atoms with Crippen LogP contribution in [-0.4, -0.2) is 48.4 Å². The van der Waals surface area contributed by atoms with Crippen molar-refractivity contribution in [3.63, 3.8) is 0 Å². The Balaban J connectivity index is 1.69. The first-order valence-corrected chi connectivity index (χ1v) is 7.54. The predicted octanol–water partition coefficient (Wildman–Crippen LogP) is 2.13. The number of amides is 2. The number of aliphatic hydroxyl groups is 1. The summed E-state index contributed by atoms with van der Waals surface area (Å²) in [6, 6.07) is 7.05. The summed E-state index contributed by atoms with van der Waals surface area (Å²) in [4.78, 5) is 13.6. The van der Waals surface area contributed by atoms with Crippen LogP contribution in [0, 0.1) is 5.92 Å². The molecule has 2 N–H and O–H groups in total. The van der Waals surface area contributed by atoms with Crippen molar-refractivity contribution in [2.24, 2.45) is 5.92 Å². The highest BCUT2D eigenvalue weighted by atomic mass is 35.5. The van der Waals surface area contributed by atoms with Crippen molar-refractivity contribution in [3.05, 3.63) is 29.3 Å². The maximum absolute atomic E-state index is 12.0. The summed E-state index contributed by atoms with van der Waals surface area (Å²) in [5.41, 5.74) is 0. The largest absolute Gasteiger partial charge is 0.490 e. The van der Waals surface area contributed by atoms with Crippen LogP contribution in [0.15, 0.2) is 24.3 Å². The van der Waals surface area contributed by atoms with Gasteiger partial charge in [-0.2, -0.15) is 0 Å². The number of ether oxygens (including phenoxy) is 1. The van der Waals surface area contributed by atoms with Crippen LogP contribution in [0.5, 0.6) is 5.75 Å². The molecule has 0 aliphatic carbocycles. The van der Waals surface area contributed by atoms with Crippen LogP contribution in [0.1, 0.15) is 13.3 Å². The quantitative estimate of drug-likeness (QED) is 0.837. The van der Waals surface area contributed by atoms with E-state index >= 15 is 0 Å². The molecule has 1 heterocycles. The molecular formula is C15H21ClN2O3. The number of β-amino-alcohol motifs (C(OH)–C–C–N with tert-alkyl or cyclic N) is 1. The number of likely N-dealkylation sites (tertiary alicyclic amines) is 1. The summed E-state index contributed by atoms with van der Waals surface area (Å²) in [7, 11) is 0. The van der Waals surface area contributed by atoms with Gasteiger partial charge in [-0.3, -0.25) is 0 Å². The first-order valence-electron chi connectivity index (χ1n) is 7.16. The molecule has 0 saturated carbocycles. The molecule has 0 spiro atoms. The van der Waals surface area contributed by atoms with Crippen molar-refractivity contribution in [1.29, 1.82) is 0 Å². The Morgan fingerprint density at radius 2 is 2.29 bits per heavy atom. The molecule has 1 saturated heterocycles. The maximum Gasteiger partial charge on any atom is 0.317 e. The van der Waals surface area contributed by atoms with Crippen LogP contribution in [0.25, 0.3) is 0 Å². The summed E-state index contributed by atoms with van der Waals surface area (Å²) >= 11 is 5.97. The van der Waals surface area contributed by atoms with E-state index in [1.165, 1.54) is 0 Å². The van der Waals surface area contributed by atoms with Gasteiger partial charge in [0.25, 0.3) is 0 Å². The van der Waals surface area contributed by atoms with Crippen LogP contribution >= 0.6 is 11.6 Å². The fourth-order valence-corrected chi connectivity index (χ4v) is 2.42. The molecule has 0 aromatic heterocycles. The number of halogens is 1. The Hall–Kier alpha value is -1.46. The Bertz CT molecular complexity index is 484. The molecule has 21 heavy (non-hydrogen) atoms. The third-order valence-corrected chi connectivity index (χ3v) is 3.99. The van der Waals surface area contributed by atoms with Crippen LogP contribution < -0.4 is 10.1 Å². The van der Waals surface area contributed by atoms with Gasteiger partial charge in [-0.15, -0.1) is 0 Å². The normalized spacial score (nSPS) is 22.0. The van der Waals surface area contributed by atoms with Crippen molar-refractivity contribution in [2.75, 3.05) is 26.2 Å². The lowest BCUT2D eigenvalue weighted by atomic mass is 9.96. The van der Waals surface area contributed by atoms with E-state index in [1.54, 1.807) is 17.0 Å². The summed E-state index contributed by atoms with van der Waals surface area (Å²) in [6.07, 6.45) is 0.383. The van der Waals surface area contributed by atoms with Gasteiger partial charge in [-0.1, -0.05) is 30.7 Å². The second kappa shape index (κ2) is 7.52. The number of nitrogens with zero attached hydrogens (tertiary/aromatic N) is 1. The highest BCUT2D eigenvalue weighted by Crippen LogP contribution is 2.22. The number of carbonyl (C=O) groups is 1. The van der Waals surface area contributed by atoms with E-state index in [0.29, 0.717) is 37.0 Å². The standard InChI is InChI=1S/C15H21ClN2O3/c1-11-6-8-18(10-13(11)19)15(20)17-7-9-21-14-5-3-2-4-12(14)16/h2-5,11,13,19H,6-10H2,1H3,(H,17,20). The average Bonchev–Trinajstić information content (AvgIpc) is 2.48. The lowest BCUT2D eigenvalue weighted by Gasteiger charge is -2.34. The summed E-state index contributed by atoms with van der Waals surface area (Å²) < 4.78 is 5.50. The average molecular weight is 313 g/mol. The molecule has 2 amide bonds. The Morgan fingerprint density at radius 3 is 3.00 bits per heavy atom. The predicted molar refractivity (Wildman–Crippen MR) is 81.7 cm³/mol. The number of nitrogens with one attached hydrogen (secondary N) is 1. The van der Waals surface area contributed by atoms with Gasteiger partial charge in [0.15, 0.2) is 0 Å². The summed E-state index contributed by atoms with van der Waals surface area (Å²) in [5, 5.41) is 13.1. The SMILES string of the molecule is CC1CCN(C(=O)NCCOc2ccccc2Cl)CC1O. The second-order valence-electron chi connectivity index (χ2n) is 5.29. The van der Waals surface area contributed by atoms with E-state index in [2.05, 4.69) is 5.32 Å². The Kier molecular flexibility index (Phi) is 5.70. The summed E-state index contributed by atoms with van der Waals surface area (Å²) in [5.74, 6) is 0.855. The van der Waals surface area contributed by atoms with Crippen molar-refractivity contribution >= 4 is 17.6 Å². The van der Waals surface area contributed by atoms with Crippen molar-refractivity contribution in [1.82, 2.24) is 10.2 Å². The van der Waals surface area contributed by atoms with Crippen LogP contribution in [0.3, 0.4) is 0 Å². The van der Waals surface area contributed by atoms with Gasteiger partial charge in [0.2, 0.25) is 0 Å². The lowest BCUT2D eigenvalue weighted by molar-refractivity contribution is 0.0434. The van der Waals surface area contributed by atoms with E-state index in [1.807, 2.05) is 19.1 Å². The highest BCUT2D eigenvalue weighted by molar-refractivity contribution is 6.32. The monoisotopic (exact) mass is 312 g/mol. The third-order valence-electron chi connectivity index (χ3n) is 3.68. The fraction of sp³-hybridized carbons (Fsp3) is 0.533. The fourth-order valence-electron chi connectivity index (χ4n) is 2.23. The number of hydrogen-bond donors (Lipinski definition) is 2. The van der Waals surface area contributed by atoms with Crippen LogP contribution in [-0.2, 0) is 0 Å². The van der Waals surface area contributed by atoms with Gasteiger partial charge >= 0.3 is 6.03 Å². The minimum Gasteiger partial charge on any atom is -0.490 e. The zero-order valence-corrected chi connectivity index (χ0v) is 12.8. The number of benzene rings is 1. The van der Waals surface area contributed by atoms with Crippen LogP contribution in [0.4, 0.5) is 4.79 Å². The van der Waals surface area contributed by atoms with E-state index in [-0.39, 0.29) is 11.9 Å². The molecule has 5 nitrogen and oxygen atoms in total. The summed E-state index contributed by atoms with van der Waals surface area (Å²) in [6.45, 7) is 3.81. The molecule has 1 aromatic rings. The van der Waals surface area contributed by atoms with E-state index < -0.39 is 6.10 Å². The number of para-hydroxylation sites is 1. The van der Waals surface area contributed by atoms with Crippen LogP contribution in [0.2, 0.25) is 5.02 Å². The number of urea groups is 1. The smallest absolute Gasteiger partial charge is 0.317 e. The van der Waals surface area contributed by atoms with Crippen molar-refractivity contribution in [2.45, 2.75) is 19.4 Å². The van der Waals surface area contributed by atoms with E-state index in [4.69, 9.17) is 16.3 Å². The highest BCUT2D eigenvalue weighted by Gasteiger charge is 2.26. The van der Waals surface area contributed by atoms with Crippen molar-refractivity contribution < 1.29 is 14.6 Å². The molecule has 0 bridgehead atoms. The molecule has 2 rings (SSSR count). The molecule has 2 atom stereocenters. The molecule has 6 heteroatoms. The van der Waals surface area contributed by atoms with Crippen molar-refractivity contribution in [3.8, 4) is 5.75 Å². The minimum absolute atomic E-state index is 0.163. The number of aliphatic hydroxyl groups excluding tert-OH is 1. The Labute approximate surface area is 129 Å². The molecule has 1 aliphatic heterocycles. The molecule has 0 radical (unpaired) electrons. The number of carbonyl (C=O) groups excluding carboxylic acids is 1.